The molecule has 3 aromatic rings. The second kappa shape index (κ2) is 6.76. The largest absolute Gasteiger partial charge is 0.326 e. The Hall–Kier alpha value is -2.53. The van der Waals surface area contributed by atoms with Crippen molar-refractivity contribution in [3.8, 4) is 11.3 Å². The van der Waals surface area contributed by atoms with Crippen molar-refractivity contribution in [2.45, 2.75) is 25.0 Å². The van der Waals surface area contributed by atoms with E-state index in [0.717, 1.165) is 45.5 Å². The molecule has 4 nitrogen and oxygen atoms in total. The Morgan fingerprint density at radius 3 is 2.96 bits per heavy atom. The fourth-order valence-corrected chi connectivity index (χ4v) is 3.93. The molecule has 0 spiro atoms. The van der Waals surface area contributed by atoms with Gasteiger partial charge in [-0.15, -0.1) is 0 Å². The zero-order valence-electron chi connectivity index (χ0n) is 14.0. The molecule has 0 unspecified atom stereocenters. The van der Waals surface area contributed by atoms with E-state index in [1.807, 2.05) is 55.5 Å². The number of anilines is 1. The second-order valence-corrected chi connectivity index (χ2v) is 7.24. The highest BCUT2D eigenvalue weighted by molar-refractivity contribution is 7.99. The maximum absolute atomic E-state index is 12.4. The normalized spacial score (nSPS) is 12.8. The number of fused-ring (bicyclic) bond motifs is 1. The molecule has 126 valence electrons. The summed E-state index contributed by atoms with van der Waals surface area (Å²) in [5.41, 5.74) is 4.97. The quantitative estimate of drug-likeness (QED) is 0.770. The molecule has 0 aliphatic carbocycles. The van der Waals surface area contributed by atoms with Gasteiger partial charge in [-0.05, 0) is 30.2 Å². The summed E-state index contributed by atoms with van der Waals surface area (Å²) in [5, 5.41) is 4.07. The standard InChI is InChI=1S/C20H19N3OS/c1-14-5-2-3-6-15(14)12-19(24)21-17-8-4-7-16(11-17)18-13-23-9-10-25-20(23)22-18/h2-8,11,13H,9-10,12H2,1H3,(H,21,24). The Balaban J connectivity index is 1.49. The van der Waals surface area contributed by atoms with E-state index in [0.29, 0.717) is 6.42 Å². The van der Waals surface area contributed by atoms with Crippen LogP contribution < -0.4 is 5.32 Å². The first-order chi connectivity index (χ1) is 12.2. The van der Waals surface area contributed by atoms with Crippen molar-refractivity contribution in [1.29, 1.82) is 0 Å². The van der Waals surface area contributed by atoms with Crippen LogP contribution in [0.25, 0.3) is 11.3 Å². The van der Waals surface area contributed by atoms with Crippen LogP contribution in [0.5, 0.6) is 0 Å². The molecule has 0 radical (unpaired) electrons. The molecular weight excluding hydrogens is 330 g/mol. The average molecular weight is 349 g/mol. The summed E-state index contributed by atoms with van der Waals surface area (Å²) in [6.45, 7) is 3.04. The minimum Gasteiger partial charge on any atom is -0.326 e. The van der Waals surface area contributed by atoms with Crippen molar-refractivity contribution in [1.82, 2.24) is 9.55 Å². The van der Waals surface area contributed by atoms with E-state index in [9.17, 15) is 4.79 Å². The average Bonchev–Trinajstić information content (AvgIpc) is 3.19. The molecule has 1 aliphatic heterocycles. The molecule has 1 aromatic heterocycles. The first-order valence-corrected chi connectivity index (χ1v) is 9.32. The molecule has 25 heavy (non-hydrogen) atoms. The summed E-state index contributed by atoms with van der Waals surface area (Å²) in [6, 6.07) is 15.9. The second-order valence-electron chi connectivity index (χ2n) is 6.18. The molecule has 0 bridgehead atoms. The van der Waals surface area contributed by atoms with Crippen molar-refractivity contribution < 1.29 is 4.79 Å². The van der Waals surface area contributed by atoms with Crippen LogP contribution in [-0.2, 0) is 17.8 Å². The molecule has 2 heterocycles. The van der Waals surface area contributed by atoms with Crippen LogP contribution >= 0.6 is 11.8 Å². The zero-order valence-corrected chi connectivity index (χ0v) is 14.8. The van der Waals surface area contributed by atoms with Gasteiger partial charge in [0, 0.05) is 29.7 Å². The highest BCUT2D eigenvalue weighted by atomic mass is 32.2. The molecule has 1 amide bonds. The number of nitrogens with zero attached hydrogens (tertiary/aromatic N) is 2. The number of hydrogen-bond donors (Lipinski definition) is 1. The minimum absolute atomic E-state index is 0.00524. The molecule has 0 atom stereocenters. The molecular formula is C20H19N3OS. The highest BCUT2D eigenvalue weighted by Crippen LogP contribution is 2.29. The lowest BCUT2D eigenvalue weighted by Gasteiger charge is -2.08. The SMILES string of the molecule is Cc1ccccc1CC(=O)Nc1cccc(-c2cn3c(n2)SCC3)c1. The number of carbonyl (C=O) groups is 1. The summed E-state index contributed by atoms with van der Waals surface area (Å²) in [5.74, 6) is 1.09. The number of imidazole rings is 1. The lowest BCUT2D eigenvalue weighted by atomic mass is 10.1. The van der Waals surface area contributed by atoms with E-state index < -0.39 is 0 Å². The number of carbonyl (C=O) groups excluding carboxylic acids is 1. The van der Waals surface area contributed by atoms with Crippen LogP contribution in [0.2, 0.25) is 0 Å². The summed E-state index contributed by atoms with van der Waals surface area (Å²) >= 11 is 1.78. The van der Waals surface area contributed by atoms with E-state index in [2.05, 4.69) is 21.1 Å². The van der Waals surface area contributed by atoms with E-state index in [-0.39, 0.29) is 5.91 Å². The van der Waals surface area contributed by atoms with E-state index in [4.69, 9.17) is 0 Å². The van der Waals surface area contributed by atoms with Crippen LogP contribution in [0.3, 0.4) is 0 Å². The maximum atomic E-state index is 12.4. The highest BCUT2D eigenvalue weighted by Gasteiger charge is 2.15. The number of nitrogens with one attached hydrogen (secondary N) is 1. The first-order valence-electron chi connectivity index (χ1n) is 8.34. The summed E-state index contributed by atoms with van der Waals surface area (Å²) in [7, 11) is 0. The fourth-order valence-electron chi connectivity index (χ4n) is 2.99. The Morgan fingerprint density at radius 2 is 2.12 bits per heavy atom. The van der Waals surface area contributed by atoms with Crippen molar-refractivity contribution in [3.63, 3.8) is 0 Å². The van der Waals surface area contributed by atoms with Gasteiger partial charge in [0.2, 0.25) is 5.91 Å². The van der Waals surface area contributed by atoms with Gasteiger partial charge in [-0.25, -0.2) is 4.98 Å². The first kappa shape index (κ1) is 16.0. The van der Waals surface area contributed by atoms with Gasteiger partial charge in [0.25, 0.3) is 0 Å². The van der Waals surface area contributed by atoms with Crippen LogP contribution in [0, 0.1) is 6.92 Å². The van der Waals surface area contributed by atoms with Gasteiger partial charge in [-0.2, -0.15) is 0 Å². The summed E-state index contributed by atoms with van der Waals surface area (Å²) < 4.78 is 2.18. The lowest BCUT2D eigenvalue weighted by molar-refractivity contribution is -0.115. The van der Waals surface area contributed by atoms with E-state index >= 15 is 0 Å². The van der Waals surface area contributed by atoms with E-state index in [1.165, 1.54) is 0 Å². The summed E-state index contributed by atoms with van der Waals surface area (Å²) in [4.78, 5) is 17.0. The Kier molecular flexibility index (Phi) is 4.32. The van der Waals surface area contributed by atoms with Gasteiger partial charge in [-0.3, -0.25) is 4.79 Å². The number of thioether (sulfide) groups is 1. The molecule has 2 aromatic carbocycles. The van der Waals surface area contributed by atoms with Gasteiger partial charge < -0.3 is 9.88 Å². The van der Waals surface area contributed by atoms with Crippen LogP contribution in [0.4, 0.5) is 5.69 Å². The number of aryl methyl sites for hydroxylation is 2. The van der Waals surface area contributed by atoms with Crippen molar-refractivity contribution in [2.75, 3.05) is 11.1 Å². The Labute approximate surface area is 151 Å². The number of benzene rings is 2. The molecule has 4 rings (SSSR count). The van der Waals surface area contributed by atoms with Gasteiger partial charge in [0.1, 0.15) is 0 Å². The third-order valence-corrected chi connectivity index (χ3v) is 5.33. The van der Waals surface area contributed by atoms with Gasteiger partial charge in [0.15, 0.2) is 5.16 Å². The predicted molar refractivity (Wildman–Crippen MR) is 102 cm³/mol. The Morgan fingerprint density at radius 1 is 1.24 bits per heavy atom. The molecule has 0 fully saturated rings. The van der Waals surface area contributed by atoms with Gasteiger partial charge in [0.05, 0.1) is 12.1 Å². The fraction of sp³-hybridized carbons (Fsp3) is 0.200. The topological polar surface area (TPSA) is 46.9 Å². The zero-order chi connectivity index (χ0) is 17.2. The number of amides is 1. The van der Waals surface area contributed by atoms with E-state index in [1.54, 1.807) is 11.8 Å². The Bertz CT molecular complexity index is 911. The predicted octanol–water partition coefficient (Wildman–Crippen LogP) is 4.15. The van der Waals surface area contributed by atoms with Crippen molar-refractivity contribution in [3.05, 3.63) is 65.9 Å². The smallest absolute Gasteiger partial charge is 0.228 e. The van der Waals surface area contributed by atoms with Crippen molar-refractivity contribution >= 4 is 23.4 Å². The minimum atomic E-state index is -0.00524. The van der Waals surface area contributed by atoms with Crippen LogP contribution in [0.15, 0.2) is 59.9 Å². The van der Waals surface area contributed by atoms with Crippen LogP contribution in [-0.4, -0.2) is 21.2 Å². The molecule has 1 N–H and O–H groups in total. The maximum Gasteiger partial charge on any atom is 0.228 e. The van der Waals surface area contributed by atoms with Gasteiger partial charge in [-0.1, -0.05) is 48.2 Å². The molecule has 1 aliphatic rings. The van der Waals surface area contributed by atoms with Gasteiger partial charge >= 0.3 is 0 Å². The number of rotatable bonds is 4. The third-order valence-electron chi connectivity index (χ3n) is 4.36. The van der Waals surface area contributed by atoms with Crippen molar-refractivity contribution in [2.24, 2.45) is 0 Å². The molecule has 0 saturated carbocycles. The third kappa shape index (κ3) is 3.46. The number of hydrogen-bond acceptors (Lipinski definition) is 3. The van der Waals surface area contributed by atoms with Crippen LogP contribution in [0.1, 0.15) is 11.1 Å². The lowest BCUT2D eigenvalue weighted by Crippen LogP contribution is -2.15. The molecule has 0 saturated heterocycles. The molecule has 5 heteroatoms. The number of aromatic nitrogens is 2. The summed E-state index contributed by atoms with van der Waals surface area (Å²) in [6.07, 6.45) is 2.47. The monoisotopic (exact) mass is 349 g/mol.